The van der Waals surface area contributed by atoms with Crippen molar-refractivity contribution in [3.63, 3.8) is 0 Å². The van der Waals surface area contributed by atoms with Crippen molar-refractivity contribution in [2.24, 2.45) is 5.92 Å². The molecule has 0 amide bonds. The highest BCUT2D eigenvalue weighted by Gasteiger charge is 2.34. The van der Waals surface area contributed by atoms with Crippen LogP contribution < -0.4 is 5.32 Å². The molecule has 1 aliphatic carbocycles. The molecule has 37 heavy (non-hydrogen) atoms. The van der Waals surface area contributed by atoms with Gasteiger partial charge >= 0.3 is 0 Å². The van der Waals surface area contributed by atoms with Crippen molar-refractivity contribution in [2.75, 3.05) is 6.54 Å². The van der Waals surface area contributed by atoms with E-state index >= 15 is 0 Å². The van der Waals surface area contributed by atoms with Crippen LogP contribution in [0.4, 0.5) is 4.39 Å². The molecule has 2 aromatic heterocycles. The van der Waals surface area contributed by atoms with Crippen LogP contribution >= 0.6 is 0 Å². The van der Waals surface area contributed by atoms with Crippen LogP contribution in [0.5, 0.6) is 5.75 Å². The van der Waals surface area contributed by atoms with Gasteiger partial charge in [-0.05, 0) is 104 Å². The number of rotatable bonds is 9. The van der Waals surface area contributed by atoms with Gasteiger partial charge in [0.05, 0.1) is 5.69 Å². The summed E-state index contributed by atoms with van der Waals surface area (Å²) < 4.78 is 13.6. The lowest BCUT2D eigenvalue weighted by Crippen LogP contribution is -2.22. The van der Waals surface area contributed by atoms with Gasteiger partial charge in [0.2, 0.25) is 0 Å². The first kappa shape index (κ1) is 24.9. The third-order valence-corrected chi connectivity index (χ3v) is 7.39. The van der Waals surface area contributed by atoms with E-state index in [1.165, 1.54) is 36.1 Å². The van der Waals surface area contributed by atoms with Crippen molar-refractivity contribution in [2.45, 2.75) is 52.4 Å². The smallest absolute Gasteiger partial charge is 0.142 e. The van der Waals surface area contributed by atoms with Gasteiger partial charge < -0.3 is 10.4 Å². The molecule has 0 bridgehead atoms. The van der Waals surface area contributed by atoms with Crippen molar-refractivity contribution < 1.29 is 9.50 Å². The first-order chi connectivity index (χ1) is 17.8. The molecule has 5 heteroatoms. The van der Waals surface area contributed by atoms with Crippen molar-refractivity contribution in [1.29, 1.82) is 0 Å². The molecular formula is C32H34FN3O. The van der Waals surface area contributed by atoms with Gasteiger partial charge in [-0.2, -0.15) is 0 Å². The van der Waals surface area contributed by atoms with E-state index in [1.807, 2.05) is 31.2 Å². The molecule has 0 radical (unpaired) electrons. The van der Waals surface area contributed by atoms with Gasteiger partial charge in [-0.1, -0.05) is 19.9 Å². The maximum absolute atomic E-state index is 13.6. The zero-order valence-corrected chi connectivity index (χ0v) is 21.8. The molecule has 2 heterocycles. The summed E-state index contributed by atoms with van der Waals surface area (Å²) >= 11 is 0. The molecule has 1 saturated carbocycles. The summed E-state index contributed by atoms with van der Waals surface area (Å²) in [6.45, 7) is 11.3. The van der Waals surface area contributed by atoms with Gasteiger partial charge in [0.25, 0.3) is 0 Å². The van der Waals surface area contributed by atoms with Crippen LogP contribution in [0.15, 0.2) is 61.3 Å². The number of aromatic hydroxyl groups is 1. The van der Waals surface area contributed by atoms with Gasteiger partial charge in [0, 0.05) is 46.6 Å². The lowest BCUT2D eigenvalue weighted by molar-refractivity contribution is 0.480. The average Bonchev–Trinajstić information content (AvgIpc) is 3.71. The standard InChI is InChI=1S/C32H34FN3O/c1-5-6-24-15-29(36-31(20(24)3)23-9-11-27(33)12-10-23)28(22-7-8-22)18-34-21(4)25-14-26-13-19(2)17-35-32(26)30(37)16-25/h9-17,22,28,34,37H,4-8,18H2,1-3H3. The minimum Gasteiger partial charge on any atom is -0.506 e. The molecule has 0 spiro atoms. The number of aryl methyl sites for hydroxylation is 2. The molecule has 5 rings (SSSR count). The monoisotopic (exact) mass is 495 g/mol. The van der Waals surface area contributed by atoms with Crippen molar-refractivity contribution >= 4 is 16.6 Å². The van der Waals surface area contributed by atoms with Crippen LogP contribution in [0, 0.1) is 25.6 Å². The lowest BCUT2D eigenvalue weighted by atomic mass is 9.92. The molecule has 1 unspecified atom stereocenters. The maximum atomic E-state index is 13.6. The van der Waals surface area contributed by atoms with Crippen LogP contribution in [0.1, 0.15) is 60.1 Å². The SMILES string of the molecule is C=C(NCC(c1cc(CCC)c(C)c(-c2ccc(F)cc2)n1)C1CC1)c1cc(O)c2ncc(C)cc2c1. The predicted octanol–water partition coefficient (Wildman–Crippen LogP) is 7.46. The number of aromatic nitrogens is 2. The topological polar surface area (TPSA) is 58.0 Å². The first-order valence-corrected chi connectivity index (χ1v) is 13.1. The molecule has 4 nitrogen and oxygen atoms in total. The van der Waals surface area contributed by atoms with E-state index in [2.05, 4.69) is 36.8 Å². The number of pyridine rings is 2. The number of hydrogen-bond donors (Lipinski definition) is 2. The fraction of sp³-hybridized carbons (Fsp3) is 0.312. The zero-order chi connectivity index (χ0) is 26.1. The van der Waals surface area contributed by atoms with Crippen LogP contribution in [-0.4, -0.2) is 21.6 Å². The zero-order valence-electron chi connectivity index (χ0n) is 21.8. The van der Waals surface area contributed by atoms with Crippen molar-refractivity contribution in [1.82, 2.24) is 15.3 Å². The Morgan fingerprint density at radius 1 is 1.14 bits per heavy atom. The van der Waals surface area contributed by atoms with E-state index in [-0.39, 0.29) is 17.5 Å². The Kier molecular flexibility index (Phi) is 6.96. The van der Waals surface area contributed by atoms with E-state index in [0.29, 0.717) is 18.0 Å². The van der Waals surface area contributed by atoms with Crippen LogP contribution in [0.2, 0.25) is 0 Å². The lowest BCUT2D eigenvalue weighted by Gasteiger charge is -2.22. The minimum absolute atomic E-state index is 0.155. The second-order valence-corrected chi connectivity index (χ2v) is 10.3. The van der Waals surface area contributed by atoms with Crippen molar-refractivity contribution in [3.05, 3.63) is 95.1 Å². The van der Waals surface area contributed by atoms with Gasteiger partial charge in [0.15, 0.2) is 0 Å². The fourth-order valence-electron chi connectivity index (χ4n) is 5.15. The average molecular weight is 496 g/mol. The van der Waals surface area contributed by atoms with Crippen LogP contribution in [0.25, 0.3) is 27.9 Å². The summed E-state index contributed by atoms with van der Waals surface area (Å²) in [5.41, 5.74) is 8.69. The van der Waals surface area contributed by atoms with E-state index < -0.39 is 0 Å². The number of phenolic OH excluding ortho intramolecular Hbond substituents is 1. The van der Waals surface area contributed by atoms with E-state index in [9.17, 15) is 9.50 Å². The Labute approximate surface area is 218 Å². The Morgan fingerprint density at radius 2 is 1.89 bits per heavy atom. The molecule has 1 aliphatic rings. The molecule has 1 atom stereocenters. The summed E-state index contributed by atoms with van der Waals surface area (Å²) in [6.07, 6.45) is 6.17. The second-order valence-electron chi connectivity index (χ2n) is 10.3. The maximum Gasteiger partial charge on any atom is 0.142 e. The number of nitrogens with one attached hydrogen (secondary N) is 1. The number of hydrogen-bond acceptors (Lipinski definition) is 4. The minimum atomic E-state index is -0.240. The molecule has 190 valence electrons. The Hall–Kier alpha value is -3.73. The Bertz CT molecular complexity index is 1460. The summed E-state index contributed by atoms with van der Waals surface area (Å²) in [7, 11) is 0. The molecule has 1 fully saturated rings. The van der Waals surface area contributed by atoms with Crippen LogP contribution in [0.3, 0.4) is 0 Å². The highest BCUT2D eigenvalue weighted by atomic mass is 19.1. The number of phenols is 1. The predicted molar refractivity (Wildman–Crippen MR) is 149 cm³/mol. The second kappa shape index (κ2) is 10.3. The van der Waals surface area contributed by atoms with Gasteiger partial charge in [-0.15, -0.1) is 0 Å². The number of halogens is 1. The molecule has 2 N–H and O–H groups in total. The van der Waals surface area contributed by atoms with Crippen molar-refractivity contribution in [3.8, 4) is 17.0 Å². The molecule has 4 aromatic rings. The van der Waals surface area contributed by atoms with E-state index in [4.69, 9.17) is 4.98 Å². The molecule has 0 saturated heterocycles. The van der Waals surface area contributed by atoms with Gasteiger partial charge in [0.1, 0.15) is 17.1 Å². The Morgan fingerprint density at radius 3 is 2.59 bits per heavy atom. The summed E-state index contributed by atoms with van der Waals surface area (Å²) in [6, 6.07) is 14.7. The summed E-state index contributed by atoms with van der Waals surface area (Å²) in [5.74, 6) is 0.728. The van der Waals surface area contributed by atoms with Gasteiger partial charge in [-0.3, -0.25) is 9.97 Å². The third-order valence-electron chi connectivity index (χ3n) is 7.39. The Balaban J connectivity index is 1.44. The van der Waals surface area contributed by atoms with E-state index in [0.717, 1.165) is 52.0 Å². The number of benzene rings is 2. The largest absolute Gasteiger partial charge is 0.506 e. The van der Waals surface area contributed by atoms with E-state index in [1.54, 1.807) is 12.3 Å². The van der Waals surface area contributed by atoms with Gasteiger partial charge in [-0.25, -0.2) is 4.39 Å². The number of fused-ring (bicyclic) bond motifs is 1. The molecule has 2 aromatic carbocycles. The molecular weight excluding hydrogens is 461 g/mol. The quantitative estimate of drug-likeness (QED) is 0.253. The summed E-state index contributed by atoms with van der Waals surface area (Å²) in [5, 5.41) is 15.0. The first-order valence-electron chi connectivity index (χ1n) is 13.1. The number of nitrogens with zero attached hydrogens (tertiary/aromatic N) is 2. The fourth-order valence-corrected chi connectivity index (χ4v) is 5.15. The highest BCUT2D eigenvalue weighted by molar-refractivity contribution is 5.88. The van der Waals surface area contributed by atoms with Crippen LogP contribution in [-0.2, 0) is 6.42 Å². The highest BCUT2D eigenvalue weighted by Crippen LogP contribution is 2.43. The molecule has 0 aliphatic heterocycles. The normalized spacial score (nSPS) is 14.1. The third kappa shape index (κ3) is 5.36. The summed E-state index contributed by atoms with van der Waals surface area (Å²) in [4.78, 5) is 9.52.